The number of amides is 2. The number of carbonyl (C=O) groups excluding carboxylic acids is 2. The van der Waals surface area contributed by atoms with Gasteiger partial charge in [0.1, 0.15) is 17.2 Å². The topological polar surface area (TPSA) is 107 Å². The molecule has 0 bridgehead atoms. The second kappa shape index (κ2) is 8.99. The van der Waals surface area contributed by atoms with Crippen molar-refractivity contribution in [2.24, 2.45) is 0 Å². The quantitative estimate of drug-likeness (QED) is 0.610. The second-order valence-electron chi connectivity index (χ2n) is 10.8. The number of nitrogens with one attached hydrogen (secondary N) is 2. The highest BCUT2D eigenvalue weighted by Crippen LogP contribution is 2.46. The number of aromatic nitrogens is 3. The van der Waals surface area contributed by atoms with Crippen LogP contribution in [-0.4, -0.2) is 75.5 Å². The van der Waals surface area contributed by atoms with Crippen LogP contribution in [0.1, 0.15) is 51.5 Å². The molecule has 4 aliphatic rings. The molecule has 1 atom stereocenters. The number of imide groups is 1. The normalized spacial score (nSPS) is 24.8. The standard InChI is InChI=1S/C26H34N8O2/c1-17(2)32-9-11-33(12-10-32)21-8-7-19(16-27-21)29-25-28-15-18-13-26(14-22(35)30-24(26)36)34(23(18)31-25)20-5-3-4-6-20/h7-8,15-17,20H,3-6,9-14H2,1-2H3,(H,28,29,31)(H,30,35,36). The molecular weight excluding hydrogens is 456 g/mol. The summed E-state index contributed by atoms with van der Waals surface area (Å²) in [6.07, 6.45) is 8.53. The summed E-state index contributed by atoms with van der Waals surface area (Å²) >= 11 is 0. The van der Waals surface area contributed by atoms with Gasteiger partial charge in [-0.2, -0.15) is 4.98 Å². The maximum atomic E-state index is 13.0. The fourth-order valence-electron chi connectivity index (χ4n) is 6.29. The Kier molecular flexibility index (Phi) is 5.78. The Hall–Kier alpha value is -3.27. The van der Waals surface area contributed by atoms with Gasteiger partial charge in [0.15, 0.2) is 0 Å². The van der Waals surface area contributed by atoms with E-state index in [1.165, 1.54) is 0 Å². The molecule has 3 fully saturated rings. The number of pyridine rings is 1. The number of carbonyl (C=O) groups is 2. The van der Waals surface area contributed by atoms with Gasteiger partial charge in [0.05, 0.1) is 18.3 Å². The molecular formula is C26H34N8O2. The maximum absolute atomic E-state index is 13.0. The summed E-state index contributed by atoms with van der Waals surface area (Å²) < 4.78 is 0. The molecule has 1 saturated carbocycles. The zero-order chi connectivity index (χ0) is 24.9. The minimum Gasteiger partial charge on any atom is -0.354 e. The fourth-order valence-corrected chi connectivity index (χ4v) is 6.29. The molecule has 36 heavy (non-hydrogen) atoms. The van der Waals surface area contributed by atoms with E-state index in [4.69, 9.17) is 4.98 Å². The molecule has 10 nitrogen and oxygen atoms in total. The SMILES string of the molecule is CC(C)N1CCN(c2ccc(Nc3ncc4c(n3)N(C3CCCC3)C3(CC(=O)NC3=O)C4)cn2)CC1. The Morgan fingerprint density at radius 1 is 1.03 bits per heavy atom. The first-order valence-corrected chi connectivity index (χ1v) is 13.1. The first kappa shape index (κ1) is 23.1. The lowest BCUT2D eigenvalue weighted by Gasteiger charge is -2.38. The van der Waals surface area contributed by atoms with Crippen LogP contribution >= 0.6 is 0 Å². The molecule has 2 aromatic heterocycles. The number of anilines is 4. The second-order valence-corrected chi connectivity index (χ2v) is 10.8. The molecule has 2 aromatic rings. The van der Waals surface area contributed by atoms with Crippen molar-refractivity contribution in [1.29, 1.82) is 0 Å². The minimum atomic E-state index is -0.871. The van der Waals surface area contributed by atoms with E-state index in [0.717, 1.165) is 74.7 Å². The summed E-state index contributed by atoms with van der Waals surface area (Å²) in [6.45, 7) is 8.52. The van der Waals surface area contributed by atoms with Crippen LogP contribution in [0.3, 0.4) is 0 Å². The number of piperazine rings is 1. The van der Waals surface area contributed by atoms with Crippen molar-refractivity contribution >= 4 is 35.1 Å². The molecule has 1 spiro atoms. The van der Waals surface area contributed by atoms with E-state index in [1.54, 1.807) is 6.20 Å². The highest BCUT2D eigenvalue weighted by atomic mass is 16.2. The van der Waals surface area contributed by atoms with Crippen LogP contribution in [0.4, 0.5) is 23.3 Å². The van der Waals surface area contributed by atoms with Crippen LogP contribution in [-0.2, 0) is 16.0 Å². The molecule has 1 unspecified atom stereocenters. The summed E-state index contributed by atoms with van der Waals surface area (Å²) in [6, 6.07) is 4.83. The molecule has 1 aliphatic carbocycles. The Balaban J connectivity index is 1.20. The molecule has 5 heterocycles. The third-order valence-electron chi connectivity index (χ3n) is 8.20. The van der Waals surface area contributed by atoms with Gasteiger partial charge in [-0.1, -0.05) is 12.8 Å². The van der Waals surface area contributed by atoms with Crippen molar-refractivity contribution in [3.63, 3.8) is 0 Å². The van der Waals surface area contributed by atoms with Crippen molar-refractivity contribution in [1.82, 2.24) is 25.2 Å². The van der Waals surface area contributed by atoms with Gasteiger partial charge in [-0.15, -0.1) is 0 Å². The van der Waals surface area contributed by atoms with Gasteiger partial charge >= 0.3 is 0 Å². The Morgan fingerprint density at radius 2 is 1.81 bits per heavy atom. The van der Waals surface area contributed by atoms with E-state index >= 15 is 0 Å². The summed E-state index contributed by atoms with van der Waals surface area (Å²) in [4.78, 5) is 46.2. The Labute approximate surface area is 211 Å². The summed E-state index contributed by atoms with van der Waals surface area (Å²) in [7, 11) is 0. The van der Waals surface area contributed by atoms with Crippen LogP contribution in [0.2, 0.25) is 0 Å². The lowest BCUT2D eigenvalue weighted by Crippen LogP contribution is -2.56. The van der Waals surface area contributed by atoms with Crippen LogP contribution in [0.15, 0.2) is 24.5 Å². The molecule has 190 valence electrons. The number of rotatable bonds is 5. The van der Waals surface area contributed by atoms with Crippen LogP contribution < -0.4 is 20.4 Å². The van der Waals surface area contributed by atoms with Gasteiger partial charge in [0.2, 0.25) is 11.9 Å². The van der Waals surface area contributed by atoms with E-state index in [0.29, 0.717) is 18.4 Å². The van der Waals surface area contributed by atoms with Crippen LogP contribution in [0.25, 0.3) is 0 Å². The Morgan fingerprint density at radius 3 is 2.44 bits per heavy atom. The van der Waals surface area contributed by atoms with E-state index in [2.05, 4.69) is 49.1 Å². The summed E-state index contributed by atoms with van der Waals surface area (Å²) in [5.74, 6) is 1.81. The van der Waals surface area contributed by atoms with Gasteiger partial charge in [-0.05, 0) is 38.8 Å². The first-order valence-electron chi connectivity index (χ1n) is 13.1. The highest BCUT2D eigenvalue weighted by molar-refractivity contribution is 6.11. The third-order valence-corrected chi connectivity index (χ3v) is 8.20. The van der Waals surface area contributed by atoms with E-state index in [1.807, 2.05) is 18.3 Å². The molecule has 6 rings (SSSR count). The predicted octanol–water partition coefficient (Wildman–Crippen LogP) is 2.24. The fraction of sp³-hybridized carbons (Fsp3) is 0.577. The van der Waals surface area contributed by atoms with Crippen LogP contribution in [0, 0.1) is 0 Å². The molecule has 3 aliphatic heterocycles. The van der Waals surface area contributed by atoms with E-state index in [9.17, 15) is 9.59 Å². The number of hydrogen-bond donors (Lipinski definition) is 2. The maximum Gasteiger partial charge on any atom is 0.253 e. The van der Waals surface area contributed by atoms with E-state index in [-0.39, 0.29) is 24.3 Å². The first-order chi connectivity index (χ1) is 17.4. The van der Waals surface area contributed by atoms with Gasteiger partial charge in [-0.25, -0.2) is 9.97 Å². The average Bonchev–Trinajstić information content (AvgIpc) is 3.57. The lowest BCUT2D eigenvalue weighted by atomic mass is 9.91. The number of nitrogens with zero attached hydrogens (tertiary/aromatic N) is 6. The predicted molar refractivity (Wildman–Crippen MR) is 137 cm³/mol. The zero-order valence-electron chi connectivity index (χ0n) is 21.0. The number of fused-ring (bicyclic) bond motifs is 1. The lowest BCUT2D eigenvalue weighted by molar-refractivity contribution is -0.126. The average molecular weight is 491 g/mol. The van der Waals surface area contributed by atoms with Crippen molar-refractivity contribution in [3.05, 3.63) is 30.1 Å². The van der Waals surface area contributed by atoms with Gasteiger partial charge < -0.3 is 15.1 Å². The van der Waals surface area contributed by atoms with Gasteiger partial charge in [-0.3, -0.25) is 19.8 Å². The molecule has 2 saturated heterocycles. The summed E-state index contributed by atoms with van der Waals surface area (Å²) in [5.41, 5.74) is 0.865. The number of hydrogen-bond acceptors (Lipinski definition) is 9. The zero-order valence-corrected chi connectivity index (χ0v) is 21.0. The molecule has 0 aromatic carbocycles. The van der Waals surface area contributed by atoms with Crippen molar-refractivity contribution < 1.29 is 9.59 Å². The van der Waals surface area contributed by atoms with Crippen LogP contribution in [0.5, 0.6) is 0 Å². The third kappa shape index (κ3) is 3.97. The largest absolute Gasteiger partial charge is 0.354 e. The van der Waals surface area contributed by atoms with Crippen molar-refractivity contribution in [2.45, 2.75) is 70.0 Å². The molecule has 10 heteroatoms. The van der Waals surface area contributed by atoms with Gasteiger partial charge in [0, 0.05) is 56.4 Å². The smallest absolute Gasteiger partial charge is 0.253 e. The van der Waals surface area contributed by atoms with Crippen molar-refractivity contribution in [2.75, 3.05) is 41.3 Å². The van der Waals surface area contributed by atoms with Gasteiger partial charge in [0.25, 0.3) is 5.91 Å². The minimum absolute atomic E-state index is 0.179. The Bertz CT molecular complexity index is 1160. The highest BCUT2D eigenvalue weighted by Gasteiger charge is 2.58. The molecule has 2 N–H and O–H groups in total. The van der Waals surface area contributed by atoms with E-state index < -0.39 is 5.54 Å². The summed E-state index contributed by atoms with van der Waals surface area (Å²) in [5, 5.41) is 5.82. The monoisotopic (exact) mass is 490 g/mol. The molecule has 2 amide bonds. The van der Waals surface area contributed by atoms with Crippen molar-refractivity contribution in [3.8, 4) is 0 Å². The molecule has 0 radical (unpaired) electrons.